The molecule has 7 heteroatoms. The SMILES string of the molecule is O=C(O)c1cnc(C(=O)Nc2ccc3c(c2)CCN(C2CCC2)CC3)cn1. The molecule has 2 N–H and O–H groups in total. The number of benzene rings is 1. The molecule has 0 radical (unpaired) electrons. The van der Waals surface area contributed by atoms with E-state index in [0.717, 1.165) is 43.9 Å². The van der Waals surface area contributed by atoms with E-state index in [2.05, 4.69) is 26.3 Å². The van der Waals surface area contributed by atoms with Crippen molar-refractivity contribution in [3.8, 4) is 0 Å². The van der Waals surface area contributed by atoms with Gasteiger partial charge in [-0.1, -0.05) is 12.5 Å². The first kappa shape index (κ1) is 17.6. The highest BCUT2D eigenvalue weighted by molar-refractivity contribution is 6.02. The van der Waals surface area contributed by atoms with Gasteiger partial charge in [0.15, 0.2) is 5.69 Å². The van der Waals surface area contributed by atoms with Crippen molar-refractivity contribution in [3.63, 3.8) is 0 Å². The van der Waals surface area contributed by atoms with E-state index in [-0.39, 0.29) is 11.4 Å². The number of nitrogens with zero attached hydrogens (tertiary/aromatic N) is 3. The molecule has 1 aliphatic heterocycles. The van der Waals surface area contributed by atoms with E-state index in [0.29, 0.717) is 0 Å². The fourth-order valence-electron chi connectivity index (χ4n) is 3.69. The average molecular weight is 366 g/mol. The Morgan fingerprint density at radius 2 is 1.74 bits per heavy atom. The second-order valence-corrected chi connectivity index (χ2v) is 7.15. The van der Waals surface area contributed by atoms with Crippen LogP contribution in [0.3, 0.4) is 0 Å². The summed E-state index contributed by atoms with van der Waals surface area (Å²) in [6, 6.07) is 6.80. The number of nitrogens with one attached hydrogen (secondary N) is 1. The number of aromatic carboxylic acids is 1. The molecule has 1 fully saturated rings. The van der Waals surface area contributed by atoms with E-state index in [1.807, 2.05) is 12.1 Å². The lowest BCUT2D eigenvalue weighted by Gasteiger charge is -2.36. The number of amides is 1. The van der Waals surface area contributed by atoms with Crippen LogP contribution in [0.5, 0.6) is 0 Å². The van der Waals surface area contributed by atoms with Crippen molar-refractivity contribution in [3.05, 3.63) is 53.1 Å². The molecule has 2 aliphatic rings. The molecule has 2 aromatic rings. The van der Waals surface area contributed by atoms with E-state index in [1.54, 1.807) is 0 Å². The molecule has 4 rings (SSSR count). The minimum Gasteiger partial charge on any atom is -0.476 e. The summed E-state index contributed by atoms with van der Waals surface area (Å²) in [7, 11) is 0. The number of carbonyl (C=O) groups excluding carboxylic acids is 1. The van der Waals surface area contributed by atoms with Crippen LogP contribution < -0.4 is 5.32 Å². The van der Waals surface area contributed by atoms with Crippen LogP contribution in [0, 0.1) is 0 Å². The molecule has 2 heterocycles. The normalized spacial score (nSPS) is 17.5. The van der Waals surface area contributed by atoms with E-state index >= 15 is 0 Å². The summed E-state index contributed by atoms with van der Waals surface area (Å²) < 4.78 is 0. The predicted molar refractivity (Wildman–Crippen MR) is 100 cm³/mol. The first-order valence-corrected chi connectivity index (χ1v) is 9.33. The molecule has 1 amide bonds. The Bertz CT molecular complexity index is 862. The largest absolute Gasteiger partial charge is 0.476 e. The van der Waals surface area contributed by atoms with Crippen molar-refractivity contribution in [1.29, 1.82) is 0 Å². The summed E-state index contributed by atoms with van der Waals surface area (Å²) in [6.45, 7) is 2.17. The number of anilines is 1. The van der Waals surface area contributed by atoms with Gasteiger partial charge in [-0.25, -0.2) is 14.8 Å². The average Bonchev–Trinajstić information content (AvgIpc) is 2.83. The van der Waals surface area contributed by atoms with Gasteiger partial charge in [0.05, 0.1) is 12.4 Å². The third-order valence-corrected chi connectivity index (χ3v) is 5.50. The van der Waals surface area contributed by atoms with Crippen LogP contribution in [0.4, 0.5) is 5.69 Å². The minimum absolute atomic E-state index is 0.0890. The number of hydrogen-bond acceptors (Lipinski definition) is 5. The van der Waals surface area contributed by atoms with Gasteiger partial charge >= 0.3 is 5.97 Å². The first-order chi connectivity index (χ1) is 13.1. The molecule has 0 atom stereocenters. The molecule has 1 aromatic carbocycles. The zero-order valence-corrected chi connectivity index (χ0v) is 15.0. The van der Waals surface area contributed by atoms with Gasteiger partial charge in [0.2, 0.25) is 0 Å². The van der Waals surface area contributed by atoms with Gasteiger partial charge < -0.3 is 10.4 Å². The molecule has 0 unspecified atom stereocenters. The van der Waals surface area contributed by atoms with Crippen LogP contribution >= 0.6 is 0 Å². The van der Waals surface area contributed by atoms with Crippen LogP contribution in [-0.2, 0) is 12.8 Å². The summed E-state index contributed by atoms with van der Waals surface area (Å²) in [5, 5.41) is 11.7. The Morgan fingerprint density at radius 3 is 2.37 bits per heavy atom. The lowest BCUT2D eigenvalue weighted by atomic mass is 9.91. The monoisotopic (exact) mass is 366 g/mol. The predicted octanol–water partition coefficient (Wildman–Crippen LogP) is 2.38. The third kappa shape index (κ3) is 3.83. The standard InChI is InChI=1S/C20H22N4O3/c25-19(17-11-22-18(12-21-17)20(26)27)23-15-5-4-13-6-8-24(16-2-1-3-16)9-7-14(13)10-15/h4-5,10-12,16H,1-3,6-9H2,(H,23,25)(H,26,27). The van der Waals surface area contributed by atoms with Crippen molar-refractivity contribution < 1.29 is 14.7 Å². The molecule has 0 spiro atoms. The summed E-state index contributed by atoms with van der Waals surface area (Å²) in [6.07, 6.45) is 8.28. The molecule has 7 nitrogen and oxygen atoms in total. The highest BCUT2D eigenvalue weighted by atomic mass is 16.4. The molecular formula is C20H22N4O3. The fourth-order valence-corrected chi connectivity index (χ4v) is 3.69. The van der Waals surface area contributed by atoms with Crippen LogP contribution in [-0.4, -0.2) is 51.0 Å². The minimum atomic E-state index is -1.17. The topological polar surface area (TPSA) is 95.4 Å². The Labute approximate surface area is 157 Å². The van der Waals surface area contributed by atoms with Gasteiger partial charge in [0, 0.05) is 24.8 Å². The molecular weight excluding hydrogens is 344 g/mol. The molecule has 1 aliphatic carbocycles. The number of carbonyl (C=O) groups is 2. The Morgan fingerprint density at radius 1 is 1.04 bits per heavy atom. The number of rotatable bonds is 4. The van der Waals surface area contributed by atoms with Crippen molar-refractivity contribution in [2.45, 2.75) is 38.1 Å². The van der Waals surface area contributed by atoms with Gasteiger partial charge in [-0.15, -0.1) is 0 Å². The lowest BCUT2D eigenvalue weighted by molar-refractivity contribution is 0.0689. The molecule has 0 bridgehead atoms. The smallest absolute Gasteiger partial charge is 0.356 e. The number of carboxylic acid groups (broad SMARTS) is 1. The summed E-state index contributed by atoms with van der Waals surface area (Å²) in [5.74, 6) is -1.57. The summed E-state index contributed by atoms with van der Waals surface area (Å²) >= 11 is 0. The Kier molecular flexibility index (Phi) is 4.85. The molecule has 1 saturated carbocycles. The van der Waals surface area contributed by atoms with Gasteiger partial charge in [0.25, 0.3) is 5.91 Å². The van der Waals surface area contributed by atoms with E-state index in [4.69, 9.17) is 5.11 Å². The molecule has 1 aromatic heterocycles. The molecule has 27 heavy (non-hydrogen) atoms. The zero-order chi connectivity index (χ0) is 18.8. The maximum atomic E-state index is 12.3. The van der Waals surface area contributed by atoms with Crippen LogP contribution in [0.15, 0.2) is 30.6 Å². The second-order valence-electron chi connectivity index (χ2n) is 7.15. The number of hydrogen-bond donors (Lipinski definition) is 2. The van der Waals surface area contributed by atoms with Crippen molar-refractivity contribution in [2.75, 3.05) is 18.4 Å². The van der Waals surface area contributed by atoms with Gasteiger partial charge in [-0.05, 0) is 48.9 Å². The van der Waals surface area contributed by atoms with Crippen LogP contribution in [0.25, 0.3) is 0 Å². The number of carboxylic acids is 1. The Hall–Kier alpha value is -2.80. The maximum absolute atomic E-state index is 12.3. The summed E-state index contributed by atoms with van der Waals surface area (Å²) in [5.41, 5.74) is 3.25. The van der Waals surface area contributed by atoms with Gasteiger partial charge in [-0.3, -0.25) is 9.69 Å². The lowest BCUT2D eigenvalue weighted by Crippen LogP contribution is -2.41. The van der Waals surface area contributed by atoms with Gasteiger partial charge in [-0.2, -0.15) is 0 Å². The highest BCUT2D eigenvalue weighted by Crippen LogP contribution is 2.28. The molecule has 140 valence electrons. The number of aromatic nitrogens is 2. The Balaban J connectivity index is 1.43. The maximum Gasteiger partial charge on any atom is 0.356 e. The second kappa shape index (κ2) is 7.44. The summed E-state index contributed by atoms with van der Waals surface area (Å²) in [4.78, 5) is 33.4. The van der Waals surface area contributed by atoms with Gasteiger partial charge in [0.1, 0.15) is 5.69 Å². The third-order valence-electron chi connectivity index (χ3n) is 5.50. The number of fused-ring (bicyclic) bond motifs is 1. The first-order valence-electron chi connectivity index (χ1n) is 9.33. The quantitative estimate of drug-likeness (QED) is 0.863. The van der Waals surface area contributed by atoms with Crippen molar-refractivity contribution in [1.82, 2.24) is 14.9 Å². The van der Waals surface area contributed by atoms with Crippen molar-refractivity contribution in [2.24, 2.45) is 0 Å². The van der Waals surface area contributed by atoms with E-state index in [9.17, 15) is 9.59 Å². The zero-order valence-electron chi connectivity index (χ0n) is 15.0. The fraction of sp³-hybridized carbons (Fsp3) is 0.400. The van der Waals surface area contributed by atoms with E-state index in [1.165, 1.54) is 36.6 Å². The highest BCUT2D eigenvalue weighted by Gasteiger charge is 2.26. The van der Waals surface area contributed by atoms with E-state index < -0.39 is 11.9 Å². The van der Waals surface area contributed by atoms with Crippen LogP contribution in [0.2, 0.25) is 0 Å². The molecule has 0 saturated heterocycles. The van der Waals surface area contributed by atoms with Crippen molar-refractivity contribution >= 4 is 17.6 Å². The van der Waals surface area contributed by atoms with Crippen LogP contribution in [0.1, 0.15) is 51.4 Å².